The van der Waals surface area contributed by atoms with E-state index >= 15 is 0 Å². The van der Waals surface area contributed by atoms with Gasteiger partial charge in [-0.3, -0.25) is 4.79 Å². The molecule has 4 heteroatoms. The second kappa shape index (κ2) is 4.18. The lowest BCUT2D eigenvalue weighted by Gasteiger charge is -1.93. The van der Waals surface area contributed by atoms with Gasteiger partial charge in [-0.25, -0.2) is 0 Å². The Bertz CT molecular complexity index is 532. The highest BCUT2D eigenvalue weighted by atomic mass is 79.9. The van der Waals surface area contributed by atoms with Crippen LogP contribution in [0.5, 0.6) is 0 Å². The van der Waals surface area contributed by atoms with Crippen molar-refractivity contribution in [2.45, 2.75) is 20.8 Å². The molecule has 0 saturated heterocycles. The molecule has 0 radical (unpaired) electrons. The zero-order valence-corrected chi connectivity index (χ0v) is 11.7. The van der Waals surface area contributed by atoms with Gasteiger partial charge in [0.05, 0.1) is 10.4 Å². The van der Waals surface area contributed by atoms with Gasteiger partial charge < -0.3 is 4.42 Å². The van der Waals surface area contributed by atoms with Gasteiger partial charge in [0.15, 0.2) is 0 Å². The Hall–Kier alpha value is -0.870. The van der Waals surface area contributed by atoms with Crippen LogP contribution in [0, 0.1) is 20.8 Å². The van der Waals surface area contributed by atoms with E-state index in [1.165, 1.54) is 11.3 Å². The maximum absolute atomic E-state index is 12.2. The summed E-state index contributed by atoms with van der Waals surface area (Å²) in [4.78, 5) is 14.0. The lowest BCUT2D eigenvalue weighted by atomic mass is 10.1. The van der Waals surface area contributed by atoms with Gasteiger partial charge in [-0.15, -0.1) is 11.3 Å². The zero-order valence-electron chi connectivity index (χ0n) is 9.26. The summed E-state index contributed by atoms with van der Waals surface area (Å²) in [5.74, 6) is 1.49. The molecule has 2 aromatic heterocycles. The first-order valence-electron chi connectivity index (χ1n) is 4.86. The second-order valence-corrected chi connectivity index (χ2v) is 5.78. The smallest absolute Gasteiger partial charge is 0.206 e. The summed E-state index contributed by atoms with van der Waals surface area (Å²) >= 11 is 4.91. The van der Waals surface area contributed by atoms with E-state index in [1.54, 1.807) is 6.07 Å². The van der Waals surface area contributed by atoms with Crippen LogP contribution in [-0.2, 0) is 0 Å². The third-order valence-corrected chi connectivity index (χ3v) is 4.50. The van der Waals surface area contributed by atoms with E-state index in [-0.39, 0.29) is 5.78 Å². The van der Waals surface area contributed by atoms with Crippen molar-refractivity contribution < 1.29 is 9.21 Å². The van der Waals surface area contributed by atoms with E-state index in [0.717, 1.165) is 20.0 Å². The largest absolute Gasteiger partial charge is 0.466 e. The van der Waals surface area contributed by atoms with Crippen molar-refractivity contribution in [1.82, 2.24) is 0 Å². The summed E-state index contributed by atoms with van der Waals surface area (Å²) in [6, 6.07) is 3.66. The normalized spacial score (nSPS) is 10.8. The molecule has 16 heavy (non-hydrogen) atoms. The molecule has 0 aliphatic carbocycles. The molecule has 0 saturated carbocycles. The highest BCUT2D eigenvalue weighted by Crippen LogP contribution is 2.29. The average Bonchev–Trinajstić information content (AvgIpc) is 2.70. The highest BCUT2D eigenvalue weighted by molar-refractivity contribution is 9.10. The number of rotatable bonds is 2. The van der Waals surface area contributed by atoms with E-state index in [2.05, 4.69) is 15.9 Å². The molecule has 0 fully saturated rings. The third kappa shape index (κ3) is 1.99. The molecule has 0 bridgehead atoms. The molecule has 2 aromatic rings. The molecule has 84 valence electrons. The molecular weight excluding hydrogens is 288 g/mol. The maximum Gasteiger partial charge on any atom is 0.206 e. The molecule has 0 amide bonds. The first kappa shape index (κ1) is 11.6. The Balaban J connectivity index is 2.42. The molecule has 0 atom stereocenters. The minimum absolute atomic E-state index is 0.0353. The number of thiophene rings is 1. The van der Waals surface area contributed by atoms with Crippen LogP contribution in [0.1, 0.15) is 31.6 Å². The lowest BCUT2D eigenvalue weighted by molar-refractivity contribution is 0.104. The number of aryl methyl sites for hydroxylation is 3. The average molecular weight is 299 g/mol. The van der Waals surface area contributed by atoms with Gasteiger partial charge in [0.1, 0.15) is 11.5 Å². The Morgan fingerprint density at radius 2 is 2.00 bits per heavy atom. The topological polar surface area (TPSA) is 30.2 Å². The summed E-state index contributed by atoms with van der Waals surface area (Å²) in [7, 11) is 0. The Kier molecular flexibility index (Phi) is 3.04. The van der Waals surface area contributed by atoms with E-state index in [9.17, 15) is 4.79 Å². The molecule has 0 unspecified atom stereocenters. The first-order chi connectivity index (χ1) is 7.49. The van der Waals surface area contributed by atoms with Crippen LogP contribution in [0.25, 0.3) is 0 Å². The van der Waals surface area contributed by atoms with Crippen molar-refractivity contribution in [3.8, 4) is 0 Å². The molecule has 0 aliphatic rings. The standard InChI is InChI=1S/C12H11BrO2S/c1-6-4-9(7(2)15-6)12(14)11-5-10(13)8(3)16-11/h4-5H,1-3H3. The van der Waals surface area contributed by atoms with Gasteiger partial charge in [-0.05, 0) is 48.8 Å². The fourth-order valence-corrected chi connectivity index (χ4v) is 3.05. The maximum atomic E-state index is 12.2. The van der Waals surface area contributed by atoms with Crippen LogP contribution >= 0.6 is 27.3 Å². The quantitative estimate of drug-likeness (QED) is 0.776. The van der Waals surface area contributed by atoms with Gasteiger partial charge in [0.2, 0.25) is 5.78 Å². The molecule has 2 rings (SSSR count). The van der Waals surface area contributed by atoms with E-state index < -0.39 is 0 Å². The minimum Gasteiger partial charge on any atom is -0.466 e. The molecule has 2 nitrogen and oxygen atoms in total. The van der Waals surface area contributed by atoms with Crippen molar-refractivity contribution in [3.05, 3.63) is 43.4 Å². The molecule has 0 N–H and O–H groups in total. The molecular formula is C12H11BrO2S. The molecule has 0 spiro atoms. The summed E-state index contributed by atoms with van der Waals surface area (Å²) in [5, 5.41) is 0. The van der Waals surface area contributed by atoms with Gasteiger partial charge in [0.25, 0.3) is 0 Å². The van der Waals surface area contributed by atoms with E-state index in [0.29, 0.717) is 11.3 Å². The number of hydrogen-bond acceptors (Lipinski definition) is 3. The number of carbonyl (C=O) groups excluding carboxylic acids is 1. The lowest BCUT2D eigenvalue weighted by Crippen LogP contribution is -1.98. The molecule has 0 aromatic carbocycles. The summed E-state index contributed by atoms with van der Waals surface area (Å²) in [6.45, 7) is 5.65. The van der Waals surface area contributed by atoms with Crippen LogP contribution in [0.2, 0.25) is 0 Å². The predicted octanol–water partition coefficient (Wildman–Crippen LogP) is 4.26. The van der Waals surface area contributed by atoms with Gasteiger partial charge in [-0.1, -0.05) is 0 Å². The van der Waals surface area contributed by atoms with E-state index in [1.807, 2.05) is 26.8 Å². The Morgan fingerprint density at radius 3 is 2.44 bits per heavy atom. The van der Waals surface area contributed by atoms with Crippen LogP contribution < -0.4 is 0 Å². The Morgan fingerprint density at radius 1 is 1.31 bits per heavy atom. The van der Waals surface area contributed by atoms with Gasteiger partial charge >= 0.3 is 0 Å². The SMILES string of the molecule is Cc1cc(C(=O)c2cc(Br)c(C)s2)c(C)o1. The van der Waals surface area contributed by atoms with Crippen molar-refractivity contribution in [3.63, 3.8) is 0 Å². The monoisotopic (exact) mass is 298 g/mol. The van der Waals surface area contributed by atoms with Gasteiger partial charge in [0, 0.05) is 9.35 Å². The minimum atomic E-state index is 0.0353. The zero-order chi connectivity index (χ0) is 11.9. The summed E-state index contributed by atoms with van der Waals surface area (Å²) in [5.41, 5.74) is 0.659. The second-order valence-electron chi connectivity index (χ2n) is 3.67. The number of halogens is 1. The van der Waals surface area contributed by atoms with Crippen LogP contribution in [0.3, 0.4) is 0 Å². The van der Waals surface area contributed by atoms with Crippen molar-refractivity contribution >= 4 is 33.0 Å². The van der Waals surface area contributed by atoms with E-state index in [4.69, 9.17) is 4.42 Å². The predicted molar refractivity (Wildman–Crippen MR) is 68.4 cm³/mol. The number of ketones is 1. The van der Waals surface area contributed by atoms with Crippen molar-refractivity contribution in [1.29, 1.82) is 0 Å². The third-order valence-electron chi connectivity index (χ3n) is 2.37. The first-order valence-corrected chi connectivity index (χ1v) is 6.47. The van der Waals surface area contributed by atoms with Crippen LogP contribution in [-0.4, -0.2) is 5.78 Å². The van der Waals surface area contributed by atoms with Crippen molar-refractivity contribution in [2.75, 3.05) is 0 Å². The van der Waals surface area contributed by atoms with Gasteiger partial charge in [-0.2, -0.15) is 0 Å². The Labute approximate surface area is 106 Å². The van der Waals surface area contributed by atoms with Crippen LogP contribution in [0.4, 0.5) is 0 Å². The number of carbonyl (C=O) groups is 1. The summed E-state index contributed by atoms with van der Waals surface area (Å²) in [6.07, 6.45) is 0. The van der Waals surface area contributed by atoms with Crippen molar-refractivity contribution in [2.24, 2.45) is 0 Å². The fraction of sp³-hybridized carbons (Fsp3) is 0.250. The number of furan rings is 1. The molecule has 2 heterocycles. The summed E-state index contributed by atoms with van der Waals surface area (Å²) < 4.78 is 6.35. The number of hydrogen-bond donors (Lipinski definition) is 0. The van der Waals surface area contributed by atoms with Crippen LogP contribution in [0.15, 0.2) is 21.0 Å². The fourth-order valence-electron chi connectivity index (χ4n) is 1.56. The highest BCUT2D eigenvalue weighted by Gasteiger charge is 2.18. The molecule has 0 aliphatic heterocycles.